The van der Waals surface area contributed by atoms with Gasteiger partial charge >= 0.3 is 0 Å². The number of rotatable bonds is 8. The molecule has 1 heterocycles. The number of nitrogens with one attached hydrogen (secondary N) is 2. The van der Waals surface area contributed by atoms with Crippen LogP contribution >= 0.6 is 0 Å². The minimum absolute atomic E-state index is 0.466. The average molecular weight is 430 g/mol. The van der Waals surface area contributed by atoms with E-state index in [4.69, 9.17) is 9.97 Å². The van der Waals surface area contributed by atoms with Crippen LogP contribution in [0.1, 0.15) is 43.6 Å². The van der Waals surface area contributed by atoms with E-state index in [1.54, 1.807) is 0 Å². The molecule has 0 aliphatic heterocycles. The molecule has 0 bridgehead atoms. The lowest BCUT2D eigenvalue weighted by molar-refractivity contribution is 0.323. The maximum atomic E-state index is 4.81. The molecule has 2 aromatic carbocycles. The van der Waals surface area contributed by atoms with E-state index >= 15 is 0 Å². The molecule has 2 aliphatic rings. The SMILES string of the molecule is CN(C)c1nc(NC2CCC(CNC[C@@H]3C[C@H]3c3ccccc3)CC2)nc2ccccc12. The summed E-state index contributed by atoms with van der Waals surface area (Å²) in [7, 11) is 4.08. The highest BCUT2D eigenvalue weighted by Crippen LogP contribution is 2.46. The van der Waals surface area contributed by atoms with Gasteiger partial charge in [-0.15, -0.1) is 0 Å². The van der Waals surface area contributed by atoms with Crippen LogP contribution in [-0.2, 0) is 0 Å². The molecular weight excluding hydrogens is 394 g/mol. The molecule has 0 radical (unpaired) electrons. The fraction of sp³-hybridized carbons (Fsp3) is 0.481. The summed E-state index contributed by atoms with van der Waals surface area (Å²) in [6.45, 7) is 2.32. The number of hydrogen-bond donors (Lipinski definition) is 2. The smallest absolute Gasteiger partial charge is 0.225 e. The van der Waals surface area contributed by atoms with E-state index in [0.29, 0.717) is 6.04 Å². The van der Waals surface area contributed by atoms with Gasteiger partial charge in [-0.2, -0.15) is 4.98 Å². The van der Waals surface area contributed by atoms with Gasteiger partial charge in [0.15, 0.2) is 0 Å². The Morgan fingerprint density at radius 1 is 0.875 bits per heavy atom. The number of hydrogen-bond acceptors (Lipinski definition) is 5. The summed E-state index contributed by atoms with van der Waals surface area (Å²) in [5.74, 6) is 4.13. The third-order valence-corrected chi connectivity index (χ3v) is 7.18. The normalized spacial score (nSPS) is 24.9. The molecule has 0 saturated heterocycles. The molecule has 0 unspecified atom stereocenters. The van der Waals surface area contributed by atoms with Crippen molar-refractivity contribution in [1.29, 1.82) is 0 Å². The second-order valence-corrected chi connectivity index (χ2v) is 9.82. The molecule has 5 nitrogen and oxygen atoms in total. The number of benzene rings is 2. The van der Waals surface area contributed by atoms with E-state index in [1.807, 2.05) is 26.2 Å². The van der Waals surface area contributed by atoms with Gasteiger partial charge in [0.05, 0.1) is 5.52 Å². The van der Waals surface area contributed by atoms with Crippen LogP contribution in [0.4, 0.5) is 11.8 Å². The molecule has 2 saturated carbocycles. The lowest BCUT2D eigenvalue weighted by Gasteiger charge is -2.29. The fourth-order valence-electron chi connectivity index (χ4n) is 5.21. The topological polar surface area (TPSA) is 53.1 Å². The predicted molar refractivity (Wildman–Crippen MR) is 133 cm³/mol. The minimum atomic E-state index is 0.466. The number of anilines is 2. The molecule has 2 N–H and O–H groups in total. The summed E-state index contributed by atoms with van der Waals surface area (Å²) in [5.41, 5.74) is 2.51. The van der Waals surface area contributed by atoms with E-state index in [1.165, 1.54) is 37.7 Å². The van der Waals surface area contributed by atoms with Crippen LogP contribution in [0.5, 0.6) is 0 Å². The van der Waals surface area contributed by atoms with Crippen molar-refractivity contribution in [2.24, 2.45) is 11.8 Å². The summed E-state index contributed by atoms with van der Waals surface area (Å²) < 4.78 is 0. The molecule has 5 rings (SSSR count). The predicted octanol–water partition coefficient (Wildman–Crippen LogP) is 5.06. The zero-order chi connectivity index (χ0) is 21.9. The molecule has 0 amide bonds. The Morgan fingerprint density at radius 2 is 1.62 bits per heavy atom. The van der Waals surface area contributed by atoms with Crippen LogP contribution in [0.3, 0.4) is 0 Å². The van der Waals surface area contributed by atoms with E-state index < -0.39 is 0 Å². The molecular formula is C27H35N5. The fourth-order valence-corrected chi connectivity index (χ4v) is 5.21. The summed E-state index contributed by atoms with van der Waals surface area (Å²) >= 11 is 0. The minimum Gasteiger partial charge on any atom is -0.362 e. The van der Waals surface area contributed by atoms with Gasteiger partial charge in [0.1, 0.15) is 5.82 Å². The van der Waals surface area contributed by atoms with Crippen LogP contribution < -0.4 is 15.5 Å². The van der Waals surface area contributed by atoms with E-state index in [9.17, 15) is 0 Å². The second-order valence-electron chi connectivity index (χ2n) is 9.82. The zero-order valence-electron chi connectivity index (χ0n) is 19.3. The Kier molecular flexibility index (Phi) is 6.26. The Balaban J connectivity index is 1.08. The Labute approximate surface area is 191 Å². The second kappa shape index (κ2) is 9.45. The van der Waals surface area contributed by atoms with Gasteiger partial charge in [-0.25, -0.2) is 4.98 Å². The van der Waals surface area contributed by atoms with Crippen molar-refractivity contribution in [3.63, 3.8) is 0 Å². The van der Waals surface area contributed by atoms with Gasteiger partial charge in [0.25, 0.3) is 0 Å². The van der Waals surface area contributed by atoms with Crippen molar-refractivity contribution in [2.45, 2.75) is 44.1 Å². The Bertz CT molecular complexity index is 1030. The van der Waals surface area contributed by atoms with Crippen molar-refractivity contribution in [1.82, 2.24) is 15.3 Å². The molecule has 3 aromatic rings. The summed E-state index contributed by atoms with van der Waals surface area (Å²) in [5, 5.41) is 8.50. The van der Waals surface area contributed by atoms with Crippen LogP contribution in [-0.4, -0.2) is 43.2 Å². The third-order valence-electron chi connectivity index (χ3n) is 7.18. The van der Waals surface area contributed by atoms with Crippen LogP contribution in [0, 0.1) is 11.8 Å². The molecule has 5 heteroatoms. The van der Waals surface area contributed by atoms with Gasteiger partial charge in [-0.3, -0.25) is 0 Å². The number of nitrogens with zero attached hydrogens (tertiary/aromatic N) is 3. The average Bonchev–Trinajstić information content (AvgIpc) is 3.60. The first-order valence-corrected chi connectivity index (χ1v) is 12.1. The lowest BCUT2D eigenvalue weighted by atomic mass is 9.86. The molecule has 0 spiro atoms. The van der Waals surface area contributed by atoms with Crippen LogP contribution in [0.25, 0.3) is 10.9 Å². The molecule has 2 fully saturated rings. The Hall–Kier alpha value is -2.66. The van der Waals surface area contributed by atoms with E-state index in [-0.39, 0.29) is 0 Å². The van der Waals surface area contributed by atoms with E-state index in [0.717, 1.165) is 53.5 Å². The van der Waals surface area contributed by atoms with Crippen molar-refractivity contribution >= 4 is 22.7 Å². The van der Waals surface area contributed by atoms with Gasteiger partial charge in [-0.1, -0.05) is 42.5 Å². The maximum absolute atomic E-state index is 4.81. The highest BCUT2D eigenvalue weighted by atomic mass is 15.2. The number of fused-ring (bicyclic) bond motifs is 1. The highest BCUT2D eigenvalue weighted by Gasteiger charge is 2.37. The van der Waals surface area contributed by atoms with Crippen molar-refractivity contribution in [3.8, 4) is 0 Å². The maximum Gasteiger partial charge on any atom is 0.225 e. The number of para-hydroxylation sites is 1. The van der Waals surface area contributed by atoms with Gasteiger partial charge < -0.3 is 15.5 Å². The van der Waals surface area contributed by atoms with Gasteiger partial charge in [0.2, 0.25) is 5.95 Å². The first kappa shape index (κ1) is 21.2. The molecule has 1 aromatic heterocycles. The quantitative estimate of drug-likeness (QED) is 0.524. The largest absolute Gasteiger partial charge is 0.362 e. The first-order valence-electron chi connectivity index (χ1n) is 12.1. The number of aromatic nitrogens is 2. The monoisotopic (exact) mass is 429 g/mol. The molecule has 168 valence electrons. The van der Waals surface area contributed by atoms with Crippen LogP contribution in [0.2, 0.25) is 0 Å². The van der Waals surface area contributed by atoms with E-state index in [2.05, 4.69) is 58.0 Å². The lowest BCUT2D eigenvalue weighted by Crippen LogP contribution is -2.32. The molecule has 2 aliphatic carbocycles. The molecule has 2 atom stereocenters. The standard InChI is InChI=1S/C27H35N5/c1-32(2)26-23-10-6-7-11-25(23)30-27(31-26)29-22-14-12-19(13-15-22)17-28-18-21-16-24(21)20-8-4-3-5-9-20/h3-11,19,21-22,24,28H,12-18H2,1-2H3,(H,29,30,31)/t19?,21-,22?,24-/m0/s1. The molecule has 32 heavy (non-hydrogen) atoms. The van der Waals surface area contributed by atoms with Gasteiger partial charge in [-0.05, 0) is 80.6 Å². The zero-order valence-corrected chi connectivity index (χ0v) is 19.3. The summed E-state index contributed by atoms with van der Waals surface area (Å²) in [6, 6.07) is 19.7. The summed E-state index contributed by atoms with van der Waals surface area (Å²) in [4.78, 5) is 11.7. The summed E-state index contributed by atoms with van der Waals surface area (Å²) in [6.07, 6.45) is 6.26. The van der Waals surface area contributed by atoms with Crippen molar-refractivity contribution in [3.05, 3.63) is 60.2 Å². The highest BCUT2D eigenvalue weighted by molar-refractivity contribution is 5.90. The third kappa shape index (κ3) is 4.88. The van der Waals surface area contributed by atoms with Crippen LogP contribution in [0.15, 0.2) is 54.6 Å². The van der Waals surface area contributed by atoms with Crippen molar-refractivity contribution in [2.75, 3.05) is 37.4 Å². The first-order chi connectivity index (χ1) is 15.7. The van der Waals surface area contributed by atoms with Gasteiger partial charge in [0, 0.05) is 25.5 Å². The Morgan fingerprint density at radius 3 is 2.41 bits per heavy atom. The van der Waals surface area contributed by atoms with Crippen molar-refractivity contribution < 1.29 is 0 Å².